The molecule has 0 atom stereocenters. The van der Waals surface area contributed by atoms with Crippen molar-refractivity contribution in [2.24, 2.45) is 0 Å². The number of imidazole rings is 1. The standard InChI is InChI=1S/C13H7BrF2N2S/c14-8-5-4-7(6-10(8)16)18-11-3-1-2-9(15)12(11)17-13(18)19/h1-6H,(H,17,19). The Morgan fingerprint density at radius 3 is 2.63 bits per heavy atom. The first kappa shape index (κ1) is 12.5. The molecule has 3 aromatic rings. The molecule has 0 amide bonds. The third-order valence-electron chi connectivity index (χ3n) is 2.83. The van der Waals surface area contributed by atoms with E-state index in [1.165, 1.54) is 12.1 Å². The number of halogens is 3. The van der Waals surface area contributed by atoms with Crippen molar-refractivity contribution >= 4 is 39.2 Å². The van der Waals surface area contributed by atoms with Crippen LogP contribution in [0.2, 0.25) is 0 Å². The maximum atomic E-state index is 13.7. The molecule has 19 heavy (non-hydrogen) atoms. The number of benzene rings is 2. The number of H-pyrrole nitrogens is 1. The number of hydrogen-bond acceptors (Lipinski definition) is 1. The van der Waals surface area contributed by atoms with Crippen molar-refractivity contribution in [3.8, 4) is 5.69 Å². The molecular weight excluding hydrogens is 334 g/mol. The minimum atomic E-state index is -0.398. The van der Waals surface area contributed by atoms with Crippen LogP contribution in [0.1, 0.15) is 0 Å². The summed E-state index contributed by atoms with van der Waals surface area (Å²) >= 11 is 8.27. The number of aromatic nitrogens is 2. The fourth-order valence-electron chi connectivity index (χ4n) is 1.98. The monoisotopic (exact) mass is 340 g/mol. The van der Waals surface area contributed by atoms with Crippen molar-refractivity contribution in [1.29, 1.82) is 0 Å². The van der Waals surface area contributed by atoms with Crippen LogP contribution in [0.4, 0.5) is 8.78 Å². The minimum Gasteiger partial charge on any atom is -0.328 e. The Balaban J connectivity index is 2.36. The van der Waals surface area contributed by atoms with Gasteiger partial charge in [-0.25, -0.2) is 8.78 Å². The summed E-state index contributed by atoms with van der Waals surface area (Å²) in [5, 5.41) is 0. The summed E-state index contributed by atoms with van der Waals surface area (Å²) in [6.45, 7) is 0. The Morgan fingerprint density at radius 1 is 1.11 bits per heavy atom. The highest BCUT2D eigenvalue weighted by atomic mass is 79.9. The maximum Gasteiger partial charge on any atom is 0.182 e. The molecule has 0 unspecified atom stereocenters. The largest absolute Gasteiger partial charge is 0.328 e. The van der Waals surface area contributed by atoms with Crippen molar-refractivity contribution in [3.05, 3.63) is 57.3 Å². The molecule has 6 heteroatoms. The first-order valence-electron chi connectivity index (χ1n) is 5.42. The molecule has 0 aliphatic carbocycles. The van der Waals surface area contributed by atoms with Gasteiger partial charge in [-0.1, -0.05) is 6.07 Å². The summed E-state index contributed by atoms with van der Waals surface area (Å²) < 4.78 is 29.6. The van der Waals surface area contributed by atoms with E-state index in [0.29, 0.717) is 26.0 Å². The summed E-state index contributed by atoms with van der Waals surface area (Å²) in [7, 11) is 0. The molecule has 0 aliphatic rings. The van der Waals surface area contributed by atoms with Crippen LogP contribution < -0.4 is 0 Å². The van der Waals surface area contributed by atoms with E-state index >= 15 is 0 Å². The lowest BCUT2D eigenvalue weighted by Crippen LogP contribution is -1.95. The van der Waals surface area contributed by atoms with Gasteiger partial charge in [0.05, 0.1) is 15.7 Å². The molecule has 1 heterocycles. The van der Waals surface area contributed by atoms with E-state index in [0.717, 1.165) is 0 Å². The molecule has 0 aliphatic heterocycles. The van der Waals surface area contributed by atoms with Gasteiger partial charge < -0.3 is 4.98 Å². The van der Waals surface area contributed by atoms with Crippen LogP contribution in [0, 0.1) is 16.4 Å². The van der Waals surface area contributed by atoms with Crippen LogP contribution in [0.5, 0.6) is 0 Å². The van der Waals surface area contributed by atoms with Gasteiger partial charge in [0.25, 0.3) is 0 Å². The van der Waals surface area contributed by atoms with Gasteiger partial charge in [0.1, 0.15) is 17.2 Å². The zero-order valence-corrected chi connectivity index (χ0v) is 11.9. The zero-order chi connectivity index (χ0) is 13.6. The smallest absolute Gasteiger partial charge is 0.182 e. The Bertz CT molecular complexity index is 838. The highest BCUT2D eigenvalue weighted by Gasteiger charge is 2.11. The molecule has 1 N–H and O–H groups in total. The lowest BCUT2D eigenvalue weighted by molar-refractivity contribution is 0.620. The van der Waals surface area contributed by atoms with Crippen LogP contribution in [-0.4, -0.2) is 9.55 Å². The summed E-state index contributed by atoms with van der Waals surface area (Å²) in [5.41, 5.74) is 1.44. The third-order valence-corrected chi connectivity index (χ3v) is 3.76. The predicted molar refractivity (Wildman–Crippen MR) is 76.1 cm³/mol. The molecule has 3 rings (SSSR count). The van der Waals surface area contributed by atoms with E-state index in [1.807, 2.05) is 0 Å². The number of aromatic amines is 1. The SMILES string of the molecule is Fc1cc(-n2c(=S)[nH]c3c(F)cccc32)ccc1Br. The van der Waals surface area contributed by atoms with Gasteiger partial charge in [0.2, 0.25) is 0 Å². The molecule has 0 radical (unpaired) electrons. The molecule has 2 nitrogen and oxygen atoms in total. The van der Waals surface area contributed by atoms with Gasteiger partial charge in [-0.15, -0.1) is 0 Å². The van der Waals surface area contributed by atoms with Crippen LogP contribution in [0.15, 0.2) is 40.9 Å². The Labute approximate surface area is 120 Å². The van der Waals surface area contributed by atoms with Crippen molar-refractivity contribution < 1.29 is 8.78 Å². The topological polar surface area (TPSA) is 20.7 Å². The first-order valence-corrected chi connectivity index (χ1v) is 6.63. The van der Waals surface area contributed by atoms with Crippen molar-refractivity contribution in [2.75, 3.05) is 0 Å². The summed E-state index contributed by atoms with van der Waals surface area (Å²) in [4.78, 5) is 2.80. The van der Waals surface area contributed by atoms with Crippen LogP contribution in [-0.2, 0) is 0 Å². The fraction of sp³-hybridized carbons (Fsp3) is 0. The van der Waals surface area contributed by atoms with Crippen molar-refractivity contribution in [2.45, 2.75) is 0 Å². The number of nitrogens with zero attached hydrogens (tertiary/aromatic N) is 1. The lowest BCUT2D eigenvalue weighted by atomic mass is 10.2. The third kappa shape index (κ3) is 2.01. The molecule has 0 saturated carbocycles. The van der Waals surface area contributed by atoms with E-state index in [2.05, 4.69) is 20.9 Å². The normalized spacial score (nSPS) is 11.1. The number of para-hydroxylation sites is 1. The van der Waals surface area contributed by atoms with Gasteiger partial charge in [-0.05, 0) is 58.5 Å². The van der Waals surface area contributed by atoms with Gasteiger partial charge in [-0.2, -0.15) is 0 Å². The first-order chi connectivity index (χ1) is 9.08. The zero-order valence-electron chi connectivity index (χ0n) is 9.45. The van der Waals surface area contributed by atoms with E-state index in [-0.39, 0.29) is 5.82 Å². The van der Waals surface area contributed by atoms with Crippen LogP contribution >= 0.6 is 28.1 Å². The molecule has 0 fully saturated rings. The van der Waals surface area contributed by atoms with Gasteiger partial charge in [0, 0.05) is 0 Å². The number of fused-ring (bicyclic) bond motifs is 1. The number of rotatable bonds is 1. The maximum absolute atomic E-state index is 13.7. The predicted octanol–water partition coefficient (Wildman–Crippen LogP) is 4.73. The number of hydrogen-bond donors (Lipinski definition) is 1. The Hall–Kier alpha value is -1.53. The molecule has 0 spiro atoms. The van der Waals surface area contributed by atoms with Gasteiger partial charge in [0.15, 0.2) is 4.77 Å². The highest BCUT2D eigenvalue weighted by Crippen LogP contribution is 2.24. The summed E-state index contributed by atoms with van der Waals surface area (Å²) in [5.74, 6) is -0.787. The Kier molecular flexibility index (Phi) is 2.99. The summed E-state index contributed by atoms with van der Waals surface area (Å²) in [6.07, 6.45) is 0. The second kappa shape index (κ2) is 4.54. The average Bonchev–Trinajstić information content (AvgIpc) is 2.71. The quantitative estimate of drug-likeness (QED) is 0.635. The van der Waals surface area contributed by atoms with Crippen molar-refractivity contribution in [3.63, 3.8) is 0 Å². The molecule has 2 aromatic carbocycles. The van der Waals surface area contributed by atoms with Crippen LogP contribution in [0.3, 0.4) is 0 Å². The highest BCUT2D eigenvalue weighted by molar-refractivity contribution is 9.10. The van der Waals surface area contributed by atoms with E-state index < -0.39 is 5.82 Å². The molecule has 0 saturated heterocycles. The lowest BCUT2D eigenvalue weighted by Gasteiger charge is -2.05. The summed E-state index contributed by atoms with van der Waals surface area (Å²) in [6, 6.07) is 9.31. The average molecular weight is 341 g/mol. The van der Waals surface area contributed by atoms with E-state index in [9.17, 15) is 8.78 Å². The molecular formula is C13H7BrF2N2S. The molecule has 0 bridgehead atoms. The minimum absolute atomic E-state index is 0.316. The Morgan fingerprint density at radius 2 is 1.89 bits per heavy atom. The van der Waals surface area contributed by atoms with Gasteiger partial charge >= 0.3 is 0 Å². The second-order valence-electron chi connectivity index (χ2n) is 4.00. The van der Waals surface area contributed by atoms with Gasteiger partial charge in [-0.3, -0.25) is 4.57 Å². The second-order valence-corrected chi connectivity index (χ2v) is 5.24. The van der Waals surface area contributed by atoms with E-state index in [1.54, 1.807) is 28.8 Å². The van der Waals surface area contributed by atoms with E-state index in [4.69, 9.17) is 12.2 Å². The molecule has 96 valence electrons. The number of nitrogens with one attached hydrogen (secondary N) is 1. The van der Waals surface area contributed by atoms with Crippen molar-refractivity contribution in [1.82, 2.24) is 9.55 Å². The molecule has 1 aromatic heterocycles. The fourth-order valence-corrected chi connectivity index (χ4v) is 2.53. The van der Waals surface area contributed by atoms with Crippen LogP contribution in [0.25, 0.3) is 16.7 Å².